The van der Waals surface area contributed by atoms with Crippen LogP contribution in [0.3, 0.4) is 0 Å². The molecule has 0 unspecified atom stereocenters. The van der Waals surface area contributed by atoms with Crippen LogP contribution in [-0.2, 0) is 41.8 Å². The number of rotatable bonds is 21. The quantitative estimate of drug-likeness (QED) is 0.0628. The average molecular weight is 745 g/mol. The van der Waals surface area contributed by atoms with Gasteiger partial charge in [0.1, 0.15) is 0 Å². The van der Waals surface area contributed by atoms with E-state index in [1.165, 1.54) is 93.5 Å². The van der Waals surface area contributed by atoms with E-state index >= 15 is 0 Å². The smallest absolute Gasteiger partial charge is 0.294 e. The molecular formula is C32H48N4O8S4. The molecule has 3 rings (SSSR count). The predicted molar refractivity (Wildman–Crippen MR) is 190 cm³/mol. The van der Waals surface area contributed by atoms with Gasteiger partial charge < -0.3 is 9.88 Å². The van der Waals surface area contributed by atoms with E-state index < -0.39 is 35.9 Å². The summed E-state index contributed by atoms with van der Waals surface area (Å²) in [7, 11) is -11.0. The number of amides is 1. The molecule has 268 valence electrons. The lowest BCUT2D eigenvalue weighted by molar-refractivity contribution is -0.114. The summed E-state index contributed by atoms with van der Waals surface area (Å²) in [4.78, 5) is 13.4. The van der Waals surface area contributed by atoms with Gasteiger partial charge in [0.25, 0.3) is 20.1 Å². The van der Waals surface area contributed by atoms with Gasteiger partial charge in [-0.2, -0.15) is 21.7 Å². The van der Waals surface area contributed by atoms with Gasteiger partial charge >= 0.3 is 0 Å². The van der Waals surface area contributed by atoms with Crippen LogP contribution < -0.4 is 14.9 Å². The first kappa shape index (κ1) is 39.6. The summed E-state index contributed by atoms with van der Waals surface area (Å²) < 4.78 is 87.2. The highest BCUT2D eigenvalue weighted by Gasteiger charge is 2.23. The molecule has 2 aromatic carbocycles. The number of sulfone groups is 1. The predicted octanol–water partition coefficient (Wildman–Crippen LogP) is 6.49. The lowest BCUT2D eigenvalue weighted by Gasteiger charge is -2.13. The van der Waals surface area contributed by atoms with E-state index in [2.05, 4.69) is 22.2 Å². The van der Waals surface area contributed by atoms with Crippen LogP contribution in [0.4, 0.5) is 5.69 Å². The van der Waals surface area contributed by atoms with Gasteiger partial charge in [-0.3, -0.25) is 9.35 Å². The monoisotopic (exact) mass is 744 g/mol. The first-order valence-corrected chi connectivity index (χ1v) is 21.8. The fourth-order valence-electron chi connectivity index (χ4n) is 5.36. The number of aromatic nitrogens is 1. The number of unbranched alkanes of at least 4 members (excludes halogenated alkanes) is 13. The zero-order valence-electron chi connectivity index (χ0n) is 27.9. The van der Waals surface area contributed by atoms with E-state index in [-0.39, 0.29) is 30.9 Å². The Bertz CT molecular complexity index is 1930. The van der Waals surface area contributed by atoms with E-state index in [1.807, 2.05) is 0 Å². The third-order valence-electron chi connectivity index (χ3n) is 8.01. The minimum absolute atomic E-state index is 0.126. The highest BCUT2D eigenvalue weighted by molar-refractivity contribution is 7.91. The minimum Gasteiger partial charge on any atom is -0.325 e. The molecule has 1 aromatic heterocycles. The number of nitrogens with zero attached hydrogens (tertiary/aromatic N) is 2. The van der Waals surface area contributed by atoms with Crippen LogP contribution >= 0.6 is 11.3 Å². The molecule has 0 aliphatic carbocycles. The molecule has 0 aliphatic heterocycles. The highest BCUT2D eigenvalue weighted by atomic mass is 32.2. The van der Waals surface area contributed by atoms with Gasteiger partial charge in [0.05, 0.1) is 36.3 Å². The summed E-state index contributed by atoms with van der Waals surface area (Å²) in [6.45, 7) is 3.43. The van der Waals surface area contributed by atoms with Crippen LogP contribution in [-0.4, -0.2) is 46.0 Å². The summed E-state index contributed by atoms with van der Waals surface area (Å²) in [5.74, 6) is -0.685. The molecule has 48 heavy (non-hydrogen) atoms. The van der Waals surface area contributed by atoms with Gasteiger partial charge in [-0.25, -0.2) is 8.42 Å². The first-order chi connectivity index (χ1) is 22.7. The average Bonchev–Trinajstić information content (AvgIpc) is 3.34. The van der Waals surface area contributed by atoms with Gasteiger partial charge in [0, 0.05) is 14.0 Å². The van der Waals surface area contributed by atoms with Crippen molar-refractivity contribution in [2.45, 2.75) is 118 Å². The molecule has 0 bridgehead atoms. The number of carbonyl (C=O) groups is 1. The van der Waals surface area contributed by atoms with Gasteiger partial charge in [-0.05, 0) is 42.8 Å². The van der Waals surface area contributed by atoms with Crippen molar-refractivity contribution < 1.29 is 34.6 Å². The van der Waals surface area contributed by atoms with Gasteiger partial charge in [0.15, 0.2) is 9.84 Å². The van der Waals surface area contributed by atoms with Crippen molar-refractivity contribution in [1.82, 2.24) is 9.40 Å². The molecule has 12 nitrogen and oxygen atoms in total. The third kappa shape index (κ3) is 12.0. The number of hydrogen-bond acceptors (Lipinski definition) is 9. The number of carbonyl (C=O) groups excluding carboxylic acids is 1. The number of sulfonamides is 1. The van der Waals surface area contributed by atoms with Crippen LogP contribution in [0, 0.1) is 0 Å². The molecule has 0 aliphatic rings. The normalized spacial score (nSPS) is 12.9. The van der Waals surface area contributed by atoms with E-state index in [1.54, 1.807) is 7.05 Å². The number of aryl methyl sites for hydroxylation is 1. The van der Waals surface area contributed by atoms with Crippen molar-refractivity contribution in [3.05, 3.63) is 41.2 Å². The van der Waals surface area contributed by atoms with Crippen molar-refractivity contribution >= 4 is 63.1 Å². The summed E-state index contributed by atoms with van der Waals surface area (Å²) >= 11 is 1.07. The van der Waals surface area contributed by atoms with Crippen molar-refractivity contribution in [2.75, 3.05) is 11.1 Å². The maximum atomic E-state index is 13.2. The molecule has 1 amide bonds. The van der Waals surface area contributed by atoms with Crippen LogP contribution in [0.15, 0.2) is 56.2 Å². The van der Waals surface area contributed by atoms with Crippen LogP contribution in [0.1, 0.15) is 104 Å². The van der Waals surface area contributed by atoms with Crippen LogP contribution in [0.25, 0.3) is 10.2 Å². The van der Waals surface area contributed by atoms with Crippen molar-refractivity contribution in [3.8, 4) is 0 Å². The minimum atomic E-state index is -4.44. The Labute approximate surface area is 288 Å². The first-order valence-electron chi connectivity index (χ1n) is 16.4. The SMILES string of the molecule is CCCCCCCCCCCCCCCCS(=O)(=O)c1ccc(S(=O)(=O)N/N=c2\sc3ccc(S(=O)(=O)O)cc3n2C)cc1NC(C)=O. The third-order valence-corrected chi connectivity index (χ3v) is 13.0. The van der Waals surface area contributed by atoms with E-state index in [4.69, 9.17) is 0 Å². The second kappa shape index (κ2) is 18.3. The molecule has 3 aromatic rings. The van der Waals surface area contributed by atoms with Crippen molar-refractivity contribution in [3.63, 3.8) is 0 Å². The van der Waals surface area contributed by atoms with Gasteiger partial charge in [-0.1, -0.05) is 102 Å². The van der Waals surface area contributed by atoms with Crippen molar-refractivity contribution in [1.29, 1.82) is 0 Å². The molecule has 0 saturated heterocycles. The standard InChI is InChI=1S/C32H48N4O8S4/c1-4-5-6-7-8-9-10-11-12-13-14-15-16-17-22-46(38,39)31-21-19-26(23-28(31)33-25(2)37)47(40,41)35-34-32-36(3)29-24-27(48(42,43)44)18-20-30(29)45-32/h18-21,23-24,35H,4-17,22H2,1-3H3,(H,33,37)(H,42,43,44)/b34-32-. The van der Waals surface area contributed by atoms with Crippen LogP contribution in [0.2, 0.25) is 0 Å². The summed E-state index contributed by atoms with van der Waals surface area (Å²) in [6.07, 6.45) is 16.0. The molecule has 0 radical (unpaired) electrons. The van der Waals surface area contributed by atoms with E-state index in [0.29, 0.717) is 16.6 Å². The molecule has 0 saturated carbocycles. The number of anilines is 1. The zero-order valence-corrected chi connectivity index (χ0v) is 31.2. The Hall–Kier alpha value is -2.79. The number of nitrogens with one attached hydrogen (secondary N) is 2. The second-order valence-corrected chi connectivity index (χ2v) is 18.2. The molecule has 1 heterocycles. The molecule has 3 N–H and O–H groups in total. The number of benzene rings is 2. The molecule has 0 spiro atoms. The Morgan fingerprint density at radius 2 is 1.33 bits per heavy atom. The van der Waals surface area contributed by atoms with E-state index in [9.17, 15) is 34.6 Å². The van der Waals surface area contributed by atoms with Crippen LogP contribution in [0.5, 0.6) is 0 Å². The Morgan fingerprint density at radius 3 is 1.88 bits per heavy atom. The second-order valence-electron chi connectivity index (χ2n) is 12.0. The fourth-order valence-corrected chi connectivity index (χ4v) is 9.23. The highest BCUT2D eigenvalue weighted by Crippen LogP contribution is 2.27. The maximum absolute atomic E-state index is 13.2. The number of hydrogen-bond donors (Lipinski definition) is 3. The lowest BCUT2D eigenvalue weighted by Crippen LogP contribution is -2.24. The molecular weight excluding hydrogens is 697 g/mol. The largest absolute Gasteiger partial charge is 0.325 e. The summed E-state index contributed by atoms with van der Waals surface area (Å²) in [6, 6.07) is 7.33. The number of fused-ring (bicyclic) bond motifs is 1. The molecule has 0 fully saturated rings. The summed E-state index contributed by atoms with van der Waals surface area (Å²) in [5.41, 5.74) is 0.260. The fraction of sp³-hybridized carbons (Fsp3) is 0.562. The number of thiazole rings is 1. The van der Waals surface area contributed by atoms with E-state index in [0.717, 1.165) is 49.2 Å². The summed E-state index contributed by atoms with van der Waals surface area (Å²) in [5, 5.41) is 6.42. The Morgan fingerprint density at radius 1 is 0.792 bits per heavy atom. The van der Waals surface area contributed by atoms with Gasteiger partial charge in [-0.15, -0.1) is 5.10 Å². The molecule has 0 atom stereocenters. The van der Waals surface area contributed by atoms with Crippen molar-refractivity contribution in [2.24, 2.45) is 12.1 Å². The zero-order chi connectivity index (χ0) is 35.4. The topological polar surface area (TPSA) is 181 Å². The maximum Gasteiger partial charge on any atom is 0.294 e. The Kier molecular flexibility index (Phi) is 15.1. The van der Waals surface area contributed by atoms with Gasteiger partial charge in [0.2, 0.25) is 10.7 Å². The molecule has 16 heteroatoms. The Balaban J connectivity index is 1.60. The lowest BCUT2D eigenvalue weighted by atomic mass is 10.0.